The number of ether oxygens (including phenoxy) is 1. The van der Waals surface area contributed by atoms with Crippen LogP contribution in [0.5, 0.6) is 5.75 Å². The third-order valence-corrected chi connectivity index (χ3v) is 6.37. The molecule has 0 saturated heterocycles. The maximum atomic E-state index is 13.8. The van der Waals surface area contributed by atoms with Crippen LogP contribution >= 0.6 is 0 Å². The van der Waals surface area contributed by atoms with Gasteiger partial charge in [0.1, 0.15) is 23.9 Å². The van der Waals surface area contributed by atoms with E-state index in [1.807, 2.05) is 0 Å². The number of fused-ring (bicyclic) bond motifs is 1. The van der Waals surface area contributed by atoms with E-state index >= 15 is 0 Å². The molecule has 184 valence electrons. The molecule has 2 aliphatic rings. The number of nitro groups is 1. The highest BCUT2D eigenvalue weighted by molar-refractivity contribution is 6.06. The van der Waals surface area contributed by atoms with E-state index in [-0.39, 0.29) is 36.1 Å². The number of alkyl halides is 3. The topological polar surface area (TPSA) is 117 Å². The van der Waals surface area contributed by atoms with Crippen molar-refractivity contribution in [2.45, 2.75) is 51.1 Å². The monoisotopic (exact) mass is 491 g/mol. The molecule has 5 rings (SSSR count). The van der Waals surface area contributed by atoms with E-state index in [4.69, 9.17) is 9.26 Å². The molecular formula is C22H20F3N5O5. The van der Waals surface area contributed by atoms with Gasteiger partial charge in [-0.25, -0.2) is 4.68 Å². The molecule has 2 aromatic heterocycles. The summed E-state index contributed by atoms with van der Waals surface area (Å²) >= 11 is 0. The average molecular weight is 491 g/mol. The number of nitrogens with zero attached hydrogens (tertiary/aromatic N) is 5. The van der Waals surface area contributed by atoms with Crippen LogP contribution in [0, 0.1) is 23.0 Å². The van der Waals surface area contributed by atoms with E-state index in [9.17, 15) is 28.1 Å². The molecule has 1 aliphatic heterocycles. The van der Waals surface area contributed by atoms with Crippen LogP contribution in [-0.4, -0.2) is 38.0 Å². The molecule has 0 bridgehead atoms. The third kappa shape index (κ3) is 4.21. The van der Waals surface area contributed by atoms with Gasteiger partial charge in [0.2, 0.25) is 0 Å². The van der Waals surface area contributed by atoms with Crippen molar-refractivity contribution in [1.29, 1.82) is 0 Å². The van der Waals surface area contributed by atoms with E-state index < -0.39 is 29.1 Å². The molecule has 1 aromatic carbocycles. The van der Waals surface area contributed by atoms with E-state index in [0.29, 0.717) is 17.1 Å². The molecule has 1 saturated carbocycles. The summed E-state index contributed by atoms with van der Waals surface area (Å²) in [5.41, 5.74) is 0.180. The third-order valence-electron chi connectivity index (χ3n) is 6.37. The number of hydrogen-bond acceptors (Lipinski definition) is 7. The lowest BCUT2D eigenvalue weighted by atomic mass is 9.97. The number of hydrogen-bond donors (Lipinski definition) is 0. The Morgan fingerprint density at radius 1 is 1.26 bits per heavy atom. The fourth-order valence-electron chi connectivity index (χ4n) is 4.42. The fourth-order valence-corrected chi connectivity index (χ4v) is 4.42. The van der Waals surface area contributed by atoms with Crippen molar-refractivity contribution in [1.82, 2.24) is 14.9 Å². The highest BCUT2D eigenvalue weighted by Crippen LogP contribution is 2.48. The summed E-state index contributed by atoms with van der Waals surface area (Å²) < 4.78 is 53.0. The Kier molecular flexibility index (Phi) is 5.49. The van der Waals surface area contributed by atoms with Crippen LogP contribution in [0.2, 0.25) is 0 Å². The summed E-state index contributed by atoms with van der Waals surface area (Å²) in [5, 5.41) is 18.6. The Labute approximate surface area is 196 Å². The minimum atomic E-state index is -4.50. The van der Waals surface area contributed by atoms with Gasteiger partial charge in [0.25, 0.3) is 11.6 Å². The number of nitro benzene ring substituents is 1. The van der Waals surface area contributed by atoms with E-state index in [2.05, 4.69) is 10.3 Å². The molecule has 2 atom stereocenters. The number of non-ortho nitro benzene ring substituents is 1. The first kappa shape index (κ1) is 22.9. The predicted octanol–water partition coefficient (Wildman–Crippen LogP) is 4.60. The van der Waals surface area contributed by atoms with Crippen molar-refractivity contribution in [3.8, 4) is 5.75 Å². The number of aryl methyl sites for hydroxylation is 1. The van der Waals surface area contributed by atoms with E-state index in [1.54, 1.807) is 6.92 Å². The molecule has 1 fully saturated rings. The van der Waals surface area contributed by atoms with Gasteiger partial charge in [-0.3, -0.25) is 19.8 Å². The number of aromatic nitrogens is 3. The second-order valence-electron chi connectivity index (χ2n) is 8.61. The van der Waals surface area contributed by atoms with Crippen molar-refractivity contribution >= 4 is 17.4 Å². The molecule has 10 nitrogen and oxygen atoms in total. The highest BCUT2D eigenvalue weighted by Gasteiger charge is 2.53. The standard InChI is InChI=1S/C22H20F3N5O5/c1-12-16(11-34-15-6-4-14(5-7-15)30(32)33)20(27-35-12)21(31)28-17(13-2-3-13)10-18(22(23,24)25)29-19(28)8-9-26-29/h4-9,13,17-18H,2-3,10-11H2,1H3/t17-,18+/m0/s1. The van der Waals surface area contributed by atoms with Gasteiger partial charge < -0.3 is 9.26 Å². The summed E-state index contributed by atoms with van der Waals surface area (Å²) in [5.74, 6) is 0.0680. The van der Waals surface area contributed by atoms with Crippen molar-refractivity contribution in [3.05, 3.63) is 63.7 Å². The first-order valence-corrected chi connectivity index (χ1v) is 10.9. The lowest BCUT2D eigenvalue weighted by molar-refractivity contribution is -0.384. The minimum absolute atomic E-state index is 0.0414. The molecule has 35 heavy (non-hydrogen) atoms. The maximum Gasteiger partial charge on any atom is 0.410 e. The normalized spacial score (nSPS) is 19.9. The van der Waals surface area contributed by atoms with Gasteiger partial charge in [-0.05, 0) is 44.2 Å². The van der Waals surface area contributed by atoms with Gasteiger partial charge >= 0.3 is 6.18 Å². The Balaban J connectivity index is 1.43. The van der Waals surface area contributed by atoms with Gasteiger partial charge in [-0.2, -0.15) is 18.3 Å². The number of rotatable bonds is 6. The second kappa shape index (κ2) is 8.40. The van der Waals surface area contributed by atoms with Crippen LogP contribution in [0.1, 0.15) is 47.1 Å². The van der Waals surface area contributed by atoms with Crippen LogP contribution in [0.15, 0.2) is 41.1 Å². The van der Waals surface area contributed by atoms with Crippen molar-refractivity contribution in [3.63, 3.8) is 0 Å². The summed E-state index contributed by atoms with van der Waals surface area (Å²) in [6, 6.07) is 4.34. The smallest absolute Gasteiger partial charge is 0.410 e. The van der Waals surface area contributed by atoms with Crippen LogP contribution in [0.25, 0.3) is 0 Å². The molecule has 0 N–H and O–H groups in total. The average Bonchev–Trinajstić information content (AvgIpc) is 3.43. The van der Waals surface area contributed by atoms with E-state index in [0.717, 1.165) is 17.5 Å². The largest absolute Gasteiger partial charge is 0.489 e. The van der Waals surface area contributed by atoms with Gasteiger partial charge in [0.15, 0.2) is 11.7 Å². The summed E-state index contributed by atoms with van der Waals surface area (Å²) in [6.07, 6.45) is -2.07. The van der Waals surface area contributed by atoms with Crippen LogP contribution in [0.3, 0.4) is 0 Å². The zero-order chi connectivity index (χ0) is 24.9. The maximum absolute atomic E-state index is 13.8. The fraction of sp³-hybridized carbons (Fsp3) is 0.409. The highest BCUT2D eigenvalue weighted by atomic mass is 19.4. The molecular weight excluding hydrogens is 471 g/mol. The van der Waals surface area contributed by atoms with Gasteiger partial charge in [0, 0.05) is 24.2 Å². The van der Waals surface area contributed by atoms with Crippen molar-refractivity contribution in [2.75, 3.05) is 4.90 Å². The number of amides is 1. The molecule has 1 aliphatic carbocycles. The minimum Gasteiger partial charge on any atom is -0.489 e. The van der Waals surface area contributed by atoms with Crippen molar-refractivity contribution in [2.24, 2.45) is 5.92 Å². The first-order chi connectivity index (χ1) is 16.6. The Bertz CT molecular complexity index is 1270. The predicted molar refractivity (Wildman–Crippen MR) is 114 cm³/mol. The van der Waals surface area contributed by atoms with Crippen LogP contribution in [-0.2, 0) is 6.61 Å². The molecule has 13 heteroatoms. The van der Waals surface area contributed by atoms with Gasteiger partial charge in [-0.15, -0.1) is 0 Å². The number of halogens is 3. The second-order valence-corrected chi connectivity index (χ2v) is 8.61. The van der Waals surface area contributed by atoms with Crippen LogP contribution < -0.4 is 9.64 Å². The summed E-state index contributed by atoms with van der Waals surface area (Å²) in [7, 11) is 0. The summed E-state index contributed by atoms with van der Waals surface area (Å²) in [4.78, 5) is 25.3. The van der Waals surface area contributed by atoms with Crippen LogP contribution in [0.4, 0.5) is 24.7 Å². The van der Waals surface area contributed by atoms with E-state index in [1.165, 1.54) is 41.4 Å². The van der Waals surface area contributed by atoms with Gasteiger partial charge in [-0.1, -0.05) is 5.16 Å². The molecule has 0 spiro atoms. The number of benzene rings is 1. The Hall–Kier alpha value is -3.90. The molecule has 3 aromatic rings. The number of carbonyl (C=O) groups is 1. The summed E-state index contributed by atoms with van der Waals surface area (Å²) in [6.45, 7) is 1.47. The Morgan fingerprint density at radius 3 is 2.60 bits per heavy atom. The quantitative estimate of drug-likeness (QED) is 0.365. The number of carbonyl (C=O) groups excluding carboxylic acids is 1. The molecule has 0 unspecified atom stereocenters. The van der Waals surface area contributed by atoms with Crippen molar-refractivity contribution < 1.29 is 32.1 Å². The molecule has 3 heterocycles. The lowest BCUT2D eigenvalue weighted by Gasteiger charge is -2.40. The zero-order valence-corrected chi connectivity index (χ0v) is 18.4. The number of anilines is 1. The molecule has 1 amide bonds. The zero-order valence-electron chi connectivity index (χ0n) is 18.4. The first-order valence-electron chi connectivity index (χ1n) is 10.9. The Morgan fingerprint density at radius 2 is 1.97 bits per heavy atom. The van der Waals surface area contributed by atoms with Gasteiger partial charge in [0.05, 0.1) is 16.7 Å². The lowest BCUT2D eigenvalue weighted by Crippen LogP contribution is -2.50. The molecule has 0 radical (unpaired) electrons. The SMILES string of the molecule is Cc1onc(C(=O)N2c3ccnn3[C@@H](C(F)(F)F)C[C@H]2C2CC2)c1COc1ccc([N+](=O)[O-])cc1.